The second-order valence-corrected chi connectivity index (χ2v) is 4.57. The maximum atomic E-state index is 5.48. The molecule has 0 saturated carbocycles. The van der Waals surface area contributed by atoms with Crippen molar-refractivity contribution in [2.75, 3.05) is 32.7 Å². The highest BCUT2D eigenvalue weighted by Gasteiger charge is 2.17. The topological polar surface area (TPSA) is 41.3 Å². The summed E-state index contributed by atoms with van der Waals surface area (Å²) < 4.78 is 0. The van der Waals surface area contributed by atoms with E-state index in [4.69, 9.17) is 5.73 Å². The Balaban J connectivity index is 2.02. The quantitative estimate of drug-likeness (QED) is 0.624. The first-order valence-corrected chi connectivity index (χ1v) is 6.52. The van der Waals surface area contributed by atoms with Gasteiger partial charge < -0.3 is 16.0 Å². The van der Waals surface area contributed by atoms with E-state index in [1.807, 2.05) is 0 Å². The Morgan fingerprint density at radius 1 is 1.27 bits per heavy atom. The van der Waals surface area contributed by atoms with E-state index in [2.05, 4.69) is 17.1 Å². The first-order chi connectivity index (χ1) is 7.36. The highest BCUT2D eigenvalue weighted by molar-refractivity contribution is 4.76. The van der Waals surface area contributed by atoms with Gasteiger partial charge in [0.05, 0.1) is 0 Å². The van der Waals surface area contributed by atoms with Crippen LogP contribution in [-0.2, 0) is 0 Å². The summed E-state index contributed by atoms with van der Waals surface area (Å²) in [6.45, 7) is 7.84. The number of nitrogens with one attached hydrogen (secondary N) is 1. The van der Waals surface area contributed by atoms with Gasteiger partial charge in [-0.25, -0.2) is 0 Å². The molecule has 0 spiro atoms. The minimum absolute atomic E-state index is 0.718. The van der Waals surface area contributed by atoms with Crippen LogP contribution in [0.25, 0.3) is 0 Å². The van der Waals surface area contributed by atoms with Gasteiger partial charge in [0.1, 0.15) is 0 Å². The third-order valence-corrected chi connectivity index (χ3v) is 3.24. The zero-order valence-corrected chi connectivity index (χ0v) is 10.2. The molecule has 15 heavy (non-hydrogen) atoms. The van der Waals surface area contributed by atoms with E-state index in [1.165, 1.54) is 51.7 Å². The summed E-state index contributed by atoms with van der Waals surface area (Å²) in [6, 6.07) is 0.718. The number of nitrogens with zero attached hydrogens (tertiary/aromatic N) is 1. The molecule has 1 saturated heterocycles. The lowest BCUT2D eigenvalue weighted by Gasteiger charge is -2.32. The SMILES string of the molecule is CCCCCN1CCC(NCCN)CC1. The van der Waals surface area contributed by atoms with Crippen LogP contribution in [0.4, 0.5) is 0 Å². The van der Waals surface area contributed by atoms with Crippen molar-refractivity contribution in [3.8, 4) is 0 Å². The van der Waals surface area contributed by atoms with Gasteiger partial charge in [-0.15, -0.1) is 0 Å². The molecule has 1 fully saturated rings. The van der Waals surface area contributed by atoms with Crippen LogP contribution in [0.15, 0.2) is 0 Å². The van der Waals surface area contributed by atoms with Gasteiger partial charge in [0, 0.05) is 19.1 Å². The minimum Gasteiger partial charge on any atom is -0.329 e. The molecule has 0 unspecified atom stereocenters. The summed E-state index contributed by atoms with van der Waals surface area (Å²) in [7, 11) is 0. The van der Waals surface area contributed by atoms with E-state index in [9.17, 15) is 0 Å². The van der Waals surface area contributed by atoms with Crippen molar-refractivity contribution in [3.63, 3.8) is 0 Å². The molecule has 1 rings (SSSR count). The van der Waals surface area contributed by atoms with Gasteiger partial charge in [0.15, 0.2) is 0 Å². The molecular weight excluding hydrogens is 186 g/mol. The largest absolute Gasteiger partial charge is 0.329 e. The second kappa shape index (κ2) is 8.08. The van der Waals surface area contributed by atoms with Crippen LogP contribution in [0.2, 0.25) is 0 Å². The van der Waals surface area contributed by atoms with Gasteiger partial charge in [0.25, 0.3) is 0 Å². The van der Waals surface area contributed by atoms with Crippen molar-refractivity contribution in [1.82, 2.24) is 10.2 Å². The third kappa shape index (κ3) is 5.50. The maximum Gasteiger partial charge on any atom is 0.00919 e. The number of unbranched alkanes of at least 4 members (excludes halogenated alkanes) is 2. The predicted octanol–water partition coefficient (Wildman–Crippen LogP) is 1.19. The molecule has 0 bridgehead atoms. The summed E-state index contributed by atoms with van der Waals surface area (Å²) in [6.07, 6.45) is 6.68. The Labute approximate surface area is 94.4 Å². The van der Waals surface area contributed by atoms with Crippen LogP contribution in [0.1, 0.15) is 39.0 Å². The van der Waals surface area contributed by atoms with Crippen LogP contribution in [0.3, 0.4) is 0 Å². The van der Waals surface area contributed by atoms with Crippen molar-refractivity contribution in [3.05, 3.63) is 0 Å². The third-order valence-electron chi connectivity index (χ3n) is 3.24. The van der Waals surface area contributed by atoms with Gasteiger partial charge >= 0.3 is 0 Å². The van der Waals surface area contributed by atoms with Crippen molar-refractivity contribution >= 4 is 0 Å². The molecular formula is C12H27N3. The van der Waals surface area contributed by atoms with E-state index < -0.39 is 0 Å². The lowest BCUT2D eigenvalue weighted by atomic mass is 10.0. The zero-order chi connectivity index (χ0) is 10.9. The van der Waals surface area contributed by atoms with Crippen LogP contribution in [-0.4, -0.2) is 43.7 Å². The first-order valence-electron chi connectivity index (χ1n) is 6.52. The molecule has 90 valence electrons. The number of rotatable bonds is 7. The second-order valence-electron chi connectivity index (χ2n) is 4.57. The molecule has 0 aromatic heterocycles. The number of hydrogen-bond acceptors (Lipinski definition) is 3. The van der Waals surface area contributed by atoms with E-state index in [1.54, 1.807) is 0 Å². The normalized spacial score (nSPS) is 19.6. The van der Waals surface area contributed by atoms with Gasteiger partial charge in [-0.1, -0.05) is 19.8 Å². The van der Waals surface area contributed by atoms with Crippen LogP contribution >= 0.6 is 0 Å². The summed E-state index contributed by atoms with van der Waals surface area (Å²) >= 11 is 0. The molecule has 1 heterocycles. The Hall–Kier alpha value is -0.120. The molecule has 1 aliphatic rings. The molecule has 0 atom stereocenters. The fraction of sp³-hybridized carbons (Fsp3) is 1.00. The molecule has 3 heteroatoms. The molecule has 0 amide bonds. The fourth-order valence-electron chi connectivity index (χ4n) is 2.23. The summed E-state index contributed by atoms with van der Waals surface area (Å²) in [5.41, 5.74) is 5.48. The Morgan fingerprint density at radius 3 is 2.60 bits per heavy atom. The molecule has 0 aliphatic carbocycles. The van der Waals surface area contributed by atoms with Crippen molar-refractivity contribution < 1.29 is 0 Å². The first kappa shape index (κ1) is 12.9. The van der Waals surface area contributed by atoms with E-state index in [-0.39, 0.29) is 0 Å². The fourth-order valence-corrected chi connectivity index (χ4v) is 2.23. The molecule has 3 nitrogen and oxygen atoms in total. The lowest BCUT2D eigenvalue weighted by Crippen LogP contribution is -2.44. The summed E-state index contributed by atoms with van der Waals surface area (Å²) in [5.74, 6) is 0. The average Bonchev–Trinajstić information content (AvgIpc) is 2.28. The van der Waals surface area contributed by atoms with Crippen molar-refractivity contribution in [2.24, 2.45) is 5.73 Å². The molecule has 0 aromatic rings. The molecule has 0 aromatic carbocycles. The monoisotopic (exact) mass is 213 g/mol. The minimum atomic E-state index is 0.718. The van der Waals surface area contributed by atoms with Gasteiger partial charge in [0.2, 0.25) is 0 Å². The standard InChI is InChI=1S/C12H27N3/c1-2-3-4-9-15-10-5-12(6-11-15)14-8-7-13/h12,14H,2-11,13H2,1H3. The highest BCUT2D eigenvalue weighted by Crippen LogP contribution is 2.11. The Bertz CT molecular complexity index is 142. The van der Waals surface area contributed by atoms with E-state index >= 15 is 0 Å². The number of nitrogens with two attached hydrogens (primary N) is 1. The molecule has 1 aliphatic heterocycles. The molecule has 3 N–H and O–H groups in total. The number of hydrogen-bond donors (Lipinski definition) is 2. The predicted molar refractivity (Wildman–Crippen MR) is 66.0 cm³/mol. The number of likely N-dealkylation sites (tertiary alicyclic amines) is 1. The van der Waals surface area contributed by atoms with E-state index in [0.717, 1.165) is 19.1 Å². The highest BCUT2D eigenvalue weighted by atomic mass is 15.1. The number of piperidine rings is 1. The average molecular weight is 213 g/mol. The van der Waals surface area contributed by atoms with Gasteiger partial charge in [-0.05, 0) is 38.9 Å². The summed E-state index contributed by atoms with van der Waals surface area (Å²) in [4.78, 5) is 2.61. The van der Waals surface area contributed by atoms with Gasteiger partial charge in [-0.3, -0.25) is 0 Å². The van der Waals surface area contributed by atoms with Crippen molar-refractivity contribution in [2.45, 2.75) is 45.1 Å². The Morgan fingerprint density at radius 2 is 2.00 bits per heavy atom. The van der Waals surface area contributed by atoms with Crippen LogP contribution in [0, 0.1) is 0 Å². The lowest BCUT2D eigenvalue weighted by molar-refractivity contribution is 0.195. The smallest absolute Gasteiger partial charge is 0.00919 e. The summed E-state index contributed by atoms with van der Waals surface area (Å²) in [5, 5.41) is 3.51. The molecule has 0 radical (unpaired) electrons. The van der Waals surface area contributed by atoms with Crippen LogP contribution in [0.5, 0.6) is 0 Å². The van der Waals surface area contributed by atoms with Gasteiger partial charge in [-0.2, -0.15) is 0 Å². The zero-order valence-electron chi connectivity index (χ0n) is 10.2. The van der Waals surface area contributed by atoms with E-state index in [0.29, 0.717) is 0 Å². The Kier molecular flexibility index (Phi) is 6.98. The van der Waals surface area contributed by atoms with Crippen molar-refractivity contribution in [1.29, 1.82) is 0 Å². The maximum absolute atomic E-state index is 5.48. The van der Waals surface area contributed by atoms with Crippen LogP contribution < -0.4 is 11.1 Å².